The van der Waals surface area contributed by atoms with E-state index < -0.39 is 5.60 Å². The minimum Gasteiger partial charge on any atom is -0.342 e. The van der Waals surface area contributed by atoms with Gasteiger partial charge in [0.1, 0.15) is 12.0 Å². The van der Waals surface area contributed by atoms with Gasteiger partial charge in [0.25, 0.3) is 11.8 Å². The summed E-state index contributed by atoms with van der Waals surface area (Å²) in [6, 6.07) is 15.6. The third-order valence-corrected chi connectivity index (χ3v) is 6.46. The lowest BCUT2D eigenvalue weighted by molar-refractivity contribution is -0.142. The number of carbonyl (C=O) groups is 2. The predicted octanol–water partition coefficient (Wildman–Crippen LogP) is 3.52. The number of hydrogen-bond donors (Lipinski definition) is 0. The van der Waals surface area contributed by atoms with Gasteiger partial charge in [-0.3, -0.25) is 9.59 Å². The Morgan fingerprint density at radius 3 is 2.41 bits per heavy atom. The normalized spacial score (nSPS) is 25.5. The van der Waals surface area contributed by atoms with Crippen molar-refractivity contribution in [1.29, 1.82) is 0 Å². The molecule has 5 nitrogen and oxygen atoms in total. The lowest BCUT2D eigenvalue weighted by Gasteiger charge is -2.37. The standard InChI is InChI=1S/C23H23FN2O3/c24-18-9-5-4-8-17(18)19-10-11-20-26(19)22(28)23(29-20)12-14-25(15-13-23)21(27)16-6-2-1-3-7-16/h1-9,19-20H,10-15H2/t19-,20+/m0/s1. The average Bonchev–Trinajstić information content (AvgIpc) is 3.27. The van der Waals surface area contributed by atoms with Gasteiger partial charge in [0, 0.05) is 37.1 Å². The fraction of sp³-hybridized carbons (Fsp3) is 0.391. The molecule has 2 atom stereocenters. The summed E-state index contributed by atoms with van der Waals surface area (Å²) in [5.74, 6) is -0.356. The Labute approximate surface area is 169 Å². The fourth-order valence-electron chi connectivity index (χ4n) is 4.93. The number of fused-ring (bicyclic) bond motifs is 1. The van der Waals surface area contributed by atoms with E-state index >= 15 is 0 Å². The van der Waals surface area contributed by atoms with Gasteiger partial charge in [0.15, 0.2) is 5.60 Å². The van der Waals surface area contributed by atoms with Crippen molar-refractivity contribution >= 4 is 11.8 Å². The molecule has 3 heterocycles. The van der Waals surface area contributed by atoms with Crippen molar-refractivity contribution in [3.8, 4) is 0 Å². The van der Waals surface area contributed by atoms with Crippen molar-refractivity contribution in [1.82, 2.24) is 9.80 Å². The molecule has 0 bridgehead atoms. The Bertz CT molecular complexity index is 940. The van der Waals surface area contributed by atoms with Gasteiger partial charge in [-0.15, -0.1) is 0 Å². The maximum atomic E-state index is 14.3. The zero-order valence-corrected chi connectivity index (χ0v) is 16.1. The van der Waals surface area contributed by atoms with Crippen LogP contribution in [0.15, 0.2) is 54.6 Å². The lowest BCUT2D eigenvalue weighted by atomic mass is 9.89. The summed E-state index contributed by atoms with van der Waals surface area (Å²) in [4.78, 5) is 29.6. The molecular formula is C23H23FN2O3. The van der Waals surface area contributed by atoms with Gasteiger partial charge in [-0.05, 0) is 31.0 Å². The Morgan fingerprint density at radius 1 is 1.00 bits per heavy atom. The molecule has 0 radical (unpaired) electrons. The van der Waals surface area contributed by atoms with Gasteiger partial charge in [0.2, 0.25) is 0 Å². The fourth-order valence-corrected chi connectivity index (χ4v) is 4.93. The molecule has 150 valence electrons. The van der Waals surface area contributed by atoms with Gasteiger partial charge in [-0.2, -0.15) is 0 Å². The molecule has 0 aliphatic carbocycles. The number of likely N-dealkylation sites (tertiary alicyclic amines) is 1. The molecule has 3 aliphatic heterocycles. The molecule has 2 amide bonds. The van der Waals surface area contributed by atoms with Gasteiger partial charge in [-0.25, -0.2) is 4.39 Å². The van der Waals surface area contributed by atoms with E-state index in [0.717, 1.165) is 0 Å². The molecule has 0 saturated carbocycles. The second kappa shape index (κ2) is 6.95. The smallest absolute Gasteiger partial charge is 0.257 e. The molecule has 29 heavy (non-hydrogen) atoms. The highest BCUT2D eigenvalue weighted by atomic mass is 19.1. The van der Waals surface area contributed by atoms with E-state index in [9.17, 15) is 14.0 Å². The Hall–Kier alpha value is -2.73. The number of benzene rings is 2. The molecule has 3 fully saturated rings. The first kappa shape index (κ1) is 18.3. The van der Waals surface area contributed by atoms with Gasteiger partial charge < -0.3 is 14.5 Å². The van der Waals surface area contributed by atoms with Gasteiger partial charge in [0.05, 0.1) is 6.04 Å². The maximum absolute atomic E-state index is 14.3. The molecule has 0 N–H and O–H groups in total. The molecule has 2 aromatic carbocycles. The number of halogens is 1. The second-order valence-electron chi connectivity index (χ2n) is 8.05. The summed E-state index contributed by atoms with van der Waals surface area (Å²) >= 11 is 0. The first-order chi connectivity index (χ1) is 14.1. The van der Waals surface area contributed by atoms with E-state index in [1.807, 2.05) is 18.2 Å². The highest BCUT2D eigenvalue weighted by molar-refractivity contribution is 5.95. The highest BCUT2D eigenvalue weighted by Gasteiger charge is 2.58. The molecule has 2 aromatic rings. The van der Waals surface area contributed by atoms with Gasteiger partial charge >= 0.3 is 0 Å². The molecule has 3 aliphatic rings. The second-order valence-corrected chi connectivity index (χ2v) is 8.05. The molecule has 3 saturated heterocycles. The van der Waals surface area contributed by atoms with Crippen LogP contribution in [0.2, 0.25) is 0 Å². The van der Waals surface area contributed by atoms with Crippen LogP contribution in [-0.2, 0) is 9.53 Å². The topological polar surface area (TPSA) is 49.9 Å². The van der Waals surface area contributed by atoms with Crippen molar-refractivity contribution in [2.45, 2.75) is 43.6 Å². The number of amides is 2. The number of piperidine rings is 1. The highest BCUT2D eigenvalue weighted by Crippen LogP contribution is 2.48. The Balaban J connectivity index is 1.32. The van der Waals surface area contributed by atoms with Crippen LogP contribution in [0.25, 0.3) is 0 Å². The largest absolute Gasteiger partial charge is 0.342 e. The Morgan fingerprint density at radius 2 is 1.69 bits per heavy atom. The van der Waals surface area contributed by atoms with Crippen molar-refractivity contribution < 1.29 is 18.7 Å². The van der Waals surface area contributed by atoms with Crippen LogP contribution in [0.3, 0.4) is 0 Å². The third kappa shape index (κ3) is 2.94. The molecule has 5 rings (SSSR count). The van der Waals surface area contributed by atoms with Crippen LogP contribution in [0.1, 0.15) is 47.6 Å². The first-order valence-electron chi connectivity index (χ1n) is 10.2. The van der Waals surface area contributed by atoms with Crippen LogP contribution in [0.4, 0.5) is 4.39 Å². The summed E-state index contributed by atoms with van der Waals surface area (Å²) in [7, 11) is 0. The molecular weight excluding hydrogens is 371 g/mol. The van der Waals surface area contributed by atoms with Crippen LogP contribution in [-0.4, -0.2) is 46.5 Å². The molecule has 0 aromatic heterocycles. The predicted molar refractivity (Wildman–Crippen MR) is 104 cm³/mol. The number of ether oxygens (including phenoxy) is 1. The van der Waals surface area contributed by atoms with E-state index in [-0.39, 0.29) is 29.9 Å². The van der Waals surface area contributed by atoms with Gasteiger partial charge in [-0.1, -0.05) is 36.4 Å². The maximum Gasteiger partial charge on any atom is 0.257 e. The summed E-state index contributed by atoms with van der Waals surface area (Å²) < 4.78 is 20.6. The first-order valence-corrected chi connectivity index (χ1v) is 10.2. The van der Waals surface area contributed by atoms with E-state index in [1.54, 1.807) is 40.1 Å². The van der Waals surface area contributed by atoms with Crippen LogP contribution in [0.5, 0.6) is 0 Å². The van der Waals surface area contributed by atoms with Crippen molar-refractivity contribution in [2.75, 3.05) is 13.1 Å². The van der Waals surface area contributed by atoms with Crippen LogP contribution < -0.4 is 0 Å². The minimum atomic E-state index is -0.887. The van der Waals surface area contributed by atoms with E-state index in [1.165, 1.54) is 6.07 Å². The number of nitrogens with zero attached hydrogens (tertiary/aromatic N) is 2. The number of carbonyl (C=O) groups excluding carboxylic acids is 2. The Kier molecular flexibility index (Phi) is 4.39. The third-order valence-electron chi connectivity index (χ3n) is 6.46. The minimum absolute atomic E-state index is 0.0179. The molecule has 6 heteroatoms. The zero-order chi connectivity index (χ0) is 20.0. The number of rotatable bonds is 2. The summed E-state index contributed by atoms with van der Waals surface area (Å²) in [6.07, 6.45) is 2.05. The van der Waals surface area contributed by atoms with Crippen molar-refractivity contribution in [3.63, 3.8) is 0 Å². The van der Waals surface area contributed by atoms with Crippen LogP contribution in [0, 0.1) is 5.82 Å². The zero-order valence-electron chi connectivity index (χ0n) is 16.1. The average molecular weight is 394 g/mol. The quantitative estimate of drug-likeness (QED) is 0.783. The van der Waals surface area contributed by atoms with E-state index in [2.05, 4.69) is 0 Å². The SMILES string of the molecule is O=C(c1ccccc1)N1CCC2(CC1)O[C@@H]1CC[C@@H](c3ccccc3F)N1C2=O. The van der Waals surface area contributed by atoms with Crippen molar-refractivity contribution in [3.05, 3.63) is 71.5 Å². The van der Waals surface area contributed by atoms with E-state index in [4.69, 9.17) is 4.74 Å². The summed E-state index contributed by atoms with van der Waals surface area (Å²) in [6.45, 7) is 0.953. The van der Waals surface area contributed by atoms with Crippen LogP contribution >= 0.6 is 0 Å². The van der Waals surface area contributed by atoms with Crippen molar-refractivity contribution in [2.24, 2.45) is 0 Å². The molecule has 1 spiro atoms. The summed E-state index contributed by atoms with van der Waals surface area (Å²) in [5, 5.41) is 0. The monoisotopic (exact) mass is 394 g/mol. The summed E-state index contributed by atoms with van der Waals surface area (Å²) in [5.41, 5.74) is 0.324. The molecule has 0 unspecified atom stereocenters. The number of hydrogen-bond acceptors (Lipinski definition) is 3. The lowest BCUT2D eigenvalue weighted by Crippen LogP contribution is -2.51. The van der Waals surface area contributed by atoms with E-state index in [0.29, 0.717) is 49.9 Å².